The van der Waals surface area contributed by atoms with Crippen LogP contribution in [0.4, 0.5) is 0 Å². The smallest absolute Gasteiger partial charge is 0.251 e. The fourth-order valence-corrected chi connectivity index (χ4v) is 2.06. The van der Waals surface area contributed by atoms with Crippen molar-refractivity contribution in [3.05, 3.63) is 65.2 Å². The number of methoxy groups -OCH3 is 1. The fraction of sp³-hybridized carbons (Fsp3) is 0.235. The average Bonchev–Trinajstić information content (AvgIpc) is 2.53. The number of nitrogens with one attached hydrogen (secondary N) is 1. The Hall–Kier alpha value is -2.33. The molecule has 0 spiro atoms. The average molecular weight is 284 g/mol. The maximum atomic E-state index is 12.1. The van der Waals surface area contributed by atoms with E-state index in [-0.39, 0.29) is 5.91 Å². The number of hydrogen-bond acceptors (Lipinski definition) is 3. The second-order valence-corrected chi connectivity index (χ2v) is 4.77. The van der Waals surface area contributed by atoms with Crippen molar-refractivity contribution in [2.75, 3.05) is 13.7 Å². The number of benzene rings is 2. The Morgan fingerprint density at radius 1 is 1.14 bits per heavy atom. The van der Waals surface area contributed by atoms with Gasteiger partial charge in [-0.2, -0.15) is 0 Å². The molecule has 2 aromatic carbocycles. The van der Waals surface area contributed by atoms with E-state index < -0.39 is 0 Å². The van der Waals surface area contributed by atoms with Gasteiger partial charge >= 0.3 is 0 Å². The van der Waals surface area contributed by atoms with E-state index in [4.69, 9.17) is 10.5 Å². The summed E-state index contributed by atoms with van der Waals surface area (Å²) in [5, 5.41) is 2.91. The summed E-state index contributed by atoms with van der Waals surface area (Å²) in [5.74, 6) is 0.726. The van der Waals surface area contributed by atoms with E-state index in [2.05, 4.69) is 5.32 Å². The van der Waals surface area contributed by atoms with Crippen molar-refractivity contribution >= 4 is 5.91 Å². The van der Waals surface area contributed by atoms with Gasteiger partial charge in [-0.25, -0.2) is 0 Å². The van der Waals surface area contributed by atoms with Crippen LogP contribution >= 0.6 is 0 Å². The van der Waals surface area contributed by atoms with Crippen LogP contribution in [0.5, 0.6) is 5.75 Å². The van der Waals surface area contributed by atoms with Gasteiger partial charge in [-0.3, -0.25) is 4.79 Å². The van der Waals surface area contributed by atoms with Crippen LogP contribution in [0.3, 0.4) is 0 Å². The summed E-state index contributed by atoms with van der Waals surface area (Å²) in [6.45, 7) is 1.07. The van der Waals surface area contributed by atoms with E-state index in [1.807, 2.05) is 48.5 Å². The molecule has 4 heteroatoms. The summed E-state index contributed by atoms with van der Waals surface area (Å²) in [7, 11) is 1.63. The van der Waals surface area contributed by atoms with Crippen LogP contribution in [0.2, 0.25) is 0 Å². The van der Waals surface area contributed by atoms with Gasteiger partial charge in [0.25, 0.3) is 5.91 Å². The summed E-state index contributed by atoms with van der Waals surface area (Å²) in [6.07, 6.45) is 0.777. The molecule has 0 aliphatic rings. The lowest BCUT2D eigenvalue weighted by atomic mass is 10.1. The number of amides is 1. The lowest BCUT2D eigenvalue weighted by molar-refractivity contribution is 0.0951. The molecule has 2 aromatic rings. The first kappa shape index (κ1) is 15.1. The standard InChI is InChI=1S/C17H20N2O2/c1-21-16-7-5-14(6-8-16)12-19-17(20)15-4-2-3-13(11-15)9-10-18/h2-8,11H,9-10,12,18H2,1H3,(H,19,20). The molecule has 2 rings (SSSR count). The highest BCUT2D eigenvalue weighted by Gasteiger charge is 2.06. The Kier molecular flexibility index (Phi) is 5.35. The van der Waals surface area contributed by atoms with E-state index in [0.29, 0.717) is 18.7 Å². The SMILES string of the molecule is COc1ccc(CNC(=O)c2cccc(CCN)c2)cc1. The Morgan fingerprint density at radius 2 is 1.90 bits per heavy atom. The number of rotatable bonds is 6. The summed E-state index contributed by atoms with van der Waals surface area (Å²) in [6, 6.07) is 15.2. The van der Waals surface area contributed by atoms with Crippen LogP contribution < -0.4 is 15.8 Å². The summed E-state index contributed by atoms with van der Waals surface area (Å²) < 4.78 is 5.10. The number of nitrogens with two attached hydrogens (primary N) is 1. The molecule has 0 aliphatic heterocycles. The lowest BCUT2D eigenvalue weighted by Crippen LogP contribution is -2.22. The zero-order valence-corrected chi connectivity index (χ0v) is 12.1. The van der Waals surface area contributed by atoms with Gasteiger partial charge in [-0.1, -0.05) is 24.3 Å². The van der Waals surface area contributed by atoms with Gasteiger partial charge in [0, 0.05) is 12.1 Å². The van der Waals surface area contributed by atoms with Crippen LogP contribution in [0.25, 0.3) is 0 Å². The van der Waals surface area contributed by atoms with E-state index in [1.54, 1.807) is 7.11 Å². The highest BCUT2D eigenvalue weighted by molar-refractivity contribution is 5.94. The van der Waals surface area contributed by atoms with Gasteiger partial charge < -0.3 is 15.8 Å². The van der Waals surface area contributed by atoms with Gasteiger partial charge in [0.2, 0.25) is 0 Å². The molecule has 21 heavy (non-hydrogen) atoms. The second-order valence-electron chi connectivity index (χ2n) is 4.77. The van der Waals surface area contributed by atoms with Crippen molar-refractivity contribution in [2.45, 2.75) is 13.0 Å². The third-order valence-corrected chi connectivity index (χ3v) is 3.23. The van der Waals surface area contributed by atoms with E-state index >= 15 is 0 Å². The Balaban J connectivity index is 1.95. The van der Waals surface area contributed by atoms with Crippen molar-refractivity contribution in [3.63, 3.8) is 0 Å². The van der Waals surface area contributed by atoms with Crippen molar-refractivity contribution in [1.29, 1.82) is 0 Å². The van der Waals surface area contributed by atoms with Crippen molar-refractivity contribution in [3.8, 4) is 5.75 Å². The van der Waals surface area contributed by atoms with Gasteiger partial charge in [-0.15, -0.1) is 0 Å². The Morgan fingerprint density at radius 3 is 2.57 bits per heavy atom. The molecule has 0 aliphatic carbocycles. The van der Waals surface area contributed by atoms with Crippen LogP contribution in [0.15, 0.2) is 48.5 Å². The fourth-order valence-electron chi connectivity index (χ4n) is 2.06. The third kappa shape index (κ3) is 4.33. The van der Waals surface area contributed by atoms with E-state index in [9.17, 15) is 4.79 Å². The largest absolute Gasteiger partial charge is 0.497 e. The van der Waals surface area contributed by atoms with Crippen LogP contribution in [-0.4, -0.2) is 19.6 Å². The molecule has 0 fully saturated rings. The molecule has 1 amide bonds. The van der Waals surface area contributed by atoms with Gasteiger partial charge in [0.15, 0.2) is 0 Å². The molecule has 0 atom stereocenters. The molecule has 3 N–H and O–H groups in total. The van der Waals surface area contributed by atoms with Crippen LogP contribution in [-0.2, 0) is 13.0 Å². The van der Waals surface area contributed by atoms with Gasteiger partial charge in [0.1, 0.15) is 5.75 Å². The molecule has 0 heterocycles. The Labute approximate surface area is 124 Å². The minimum Gasteiger partial charge on any atom is -0.497 e. The van der Waals surface area contributed by atoms with Crippen molar-refractivity contribution in [2.24, 2.45) is 5.73 Å². The summed E-state index contributed by atoms with van der Waals surface area (Å²) in [5.41, 5.74) is 8.30. The molecule has 0 aromatic heterocycles. The molecule has 0 saturated heterocycles. The van der Waals surface area contributed by atoms with Gasteiger partial charge in [-0.05, 0) is 48.4 Å². The highest BCUT2D eigenvalue weighted by atomic mass is 16.5. The molecule has 0 unspecified atom stereocenters. The molecule has 0 radical (unpaired) electrons. The molecule has 0 bridgehead atoms. The monoisotopic (exact) mass is 284 g/mol. The quantitative estimate of drug-likeness (QED) is 0.854. The Bertz CT molecular complexity index is 594. The number of carbonyl (C=O) groups excluding carboxylic acids is 1. The van der Waals surface area contributed by atoms with Crippen LogP contribution in [0.1, 0.15) is 21.5 Å². The predicted molar refractivity (Wildman–Crippen MR) is 83.4 cm³/mol. The number of ether oxygens (including phenoxy) is 1. The molecule has 110 valence electrons. The summed E-state index contributed by atoms with van der Waals surface area (Å²) >= 11 is 0. The first-order chi connectivity index (χ1) is 10.2. The highest BCUT2D eigenvalue weighted by Crippen LogP contribution is 2.11. The third-order valence-electron chi connectivity index (χ3n) is 3.23. The maximum absolute atomic E-state index is 12.1. The van der Waals surface area contributed by atoms with E-state index in [0.717, 1.165) is 23.3 Å². The van der Waals surface area contributed by atoms with Crippen molar-refractivity contribution in [1.82, 2.24) is 5.32 Å². The zero-order chi connectivity index (χ0) is 15.1. The molecule has 0 saturated carbocycles. The molecule has 4 nitrogen and oxygen atoms in total. The normalized spacial score (nSPS) is 10.2. The number of hydrogen-bond donors (Lipinski definition) is 2. The summed E-state index contributed by atoms with van der Waals surface area (Å²) in [4.78, 5) is 12.1. The predicted octanol–water partition coefficient (Wildman–Crippen LogP) is 2.13. The maximum Gasteiger partial charge on any atom is 0.251 e. The minimum atomic E-state index is -0.0790. The lowest BCUT2D eigenvalue weighted by Gasteiger charge is -2.07. The molecular weight excluding hydrogens is 264 g/mol. The van der Waals surface area contributed by atoms with Crippen molar-refractivity contribution < 1.29 is 9.53 Å². The van der Waals surface area contributed by atoms with Gasteiger partial charge in [0.05, 0.1) is 7.11 Å². The molecular formula is C17H20N2O2. The van der Waals surface area contributed by atoms with E-state index in [1.165, 1.54) is 0 Å². The minimum absolute atomic E-state index is 0.0790. The number of carbonyl (C=O) groups is 1. The zero-order valence-electron chi connectivity index (χ0n) is 12.1. The first-order valence-corrected chi connectivity index (χ1v) is 6.93. The van der Waals surface area contributed by atoms with Crippen LogP contribution in [0, 0.1) is 0 Å². The first-order valence-electron chi connectivity index (χ1n) is 6.93. The second kappa shape index (κ2) is 7.45. The topological polar surface area (TPSA) is 64.3 Å².